The Morgan fingerprint density at radius 1 is 1.67 bits per heavy atom. The Kier molecular flexibility index (Phi) is 1.44. The number of nitrogens with one attached hydrogen (secondary N) is 1. The zero-order valence-corrected chi connectivity index (χ0v) is 5.27. The van der Waals surface area contributed by atoms with E-state index in [0.717, 1.165) is 0 Å². The van der Waals surface area contributed by atoms with Crippen LogP contribution in [0.1, 0.15) is 10.5 Å². The fourth-order valence-electron chi connectivity index (χ4n) is 0.512. The summed E-state index contributed by atoms with van der Waals surface area (Å²) in [7, 11) is 0. The second-order valence-electron chi connectivity index (χ2n) is 1.58. The van der Waals surface area contributed by atoms with Crippen LogP contribution in [0.4, 0.5) is 0 Å². The van der Waals surface area contributed by atoms with E-state index in [-0.39, 0.29) is 0 Å². The second kappa shape index (κ2) is 2.11. The van der Waals surface area contributed by atoms with Crippen LogP contribution in [0.3, 0.4) is 0 Å². The first-order chi connectivity index (χ1) is 4.20. The molecule has 0 aliphatic heterocycles. The van der Waals surface area contributed by atoms with Gasteiger partial charge >= 0.3 is 0 Å². The van der Waals surface area contributed by atoms with Crippen LogP contribution in [0.25, 0.3) is 0 Å². The molecule has 0 unspecified atom stereocenters. The average Bonchev–Trinajstić information content (AvgIpc) is 2.14. The number of rotatable bonds is 1. The number of carbonyl (C=O) groups is 1. The molecular formula is C5H5ClN2O. The fraction of sp³-hybridized carbons (Fsp3) is 0. The smallest absolute Gasteiger partial charge is 0.265 e. The lowest BCUT2D eigenvalue weighted by atomic mass is 10.4. The van der Waals surface area contributed by atoms with Gasteiger partial charge in [-0.3, -0.25) is 4.79 Å². The number of aromatic amines is 1. The van der Waals surface area contributed by atoms with Crippen molar-refractivity contribution < 1.29 is 4.79 Å². The van der Waals surface area contributed by atoms with E-state index >= 15 is 0 Å². The third-order valence-electron chi connectivity index (χ3n) is 0.916. The molecule has 1 heterocycles. The number of hydrogen-bond acceptors (Lipinski definition) is 1. The van der Waals surface area contributed by atoms with E-state index in [1.54, 1.807) is 6.07 Å². The average molecular weight is 145 g/mol. The molecule has 0 aromatic carbocycles. The zero-order chi connectivity index (χ0) is 6.85. The lowest BCUT2D eigenvalue weighted by Gasteiger charge is -1.83. The molecule has 3 nitrogen and oxygen atoms in total. The first-order valence-corrected chi connectivity index (χ1v) is 2.72. The molecule has 1 rings (SSSR count). The molecule has 0 aliphatic rings. The van der Waals surface area contributed by atoms with Gasteiger partial charge in [0.05, 0.1) is 0 Å². The minimum absolute atomic E-state index is 0.333. The van der Waals surface area contributed by atoms with Gasteiger partial charge < -0.3 is 10.7 Å². The van der Waals surface area contributed by atoms with Crippen molar-refractivity contribution >= 4 is 17.5 Å². The van der Waals surface area contributed by atoms with Crippen LogP contribution in [-0.2, 0) is 0 Å². The summed E-state index contributed by atoms with van der Waals surface area (Å²) in [4.78, 5) is 12.9. The van der Waals surface area contributed by atoms with Gasteiger partial charge in [0.15, 0.2) is 0 Å². The first-order valence-electron chi connectivity index (χ1n) is 2.34. The lowest BCUT2D eigenvalue weighted by Crippen LogP contribution is -2.10. The van der Waals surface area contributed by atoms with Gasteiger partial charge in [-0.05, 0) is 12.1 Å². The SMILES string of the molecule is NC(=O)c1ccc(Cl)[nH]1. The summed E-state index contributed by atoms with van der Waals surface area (Å²) >= 11 is 5.44. The van der Waals surface area contributed by atoms with E-state index in [0.29, 0.717) is 10.8 Å². The van der Waals surface area contributed by atoms with Crippen molar-refractivity contribution in [1.29, 1.82) is 0 Å². The molecule has 0 fully saturated rings. The number of hydrogen-bond donors (Lipinski definition) is 2. The van der Waals surface area contributed by atoms with Crippen LogP contribution in [-0.4, -0.2) is 10.9 Å². The molecule has 0 radical (unpaired) electrons. The van der Waals surface area contributed by atoms with Crippen LogP contribution in [0, 0.1) is 0 Å². The van der Waals surface area contributed by atoms with Crippen LogP contribution in [0.15, 0.2) is 12.1 Å². The molecule has 0 saturated heterocycles. The van der Waals surface area contributed by atoms with Crippen LogP contribution < -0.4 is 5.73 Å². The number of nitrogens with two attached hydrogens (primary N) is 1. The highest BCUT2D eigenvalue weighted by Gasteiger charge is 1.99. The van der Waals surface area contributed by atoms with E-state index in [2.05, 4.69) is 4.98 Å². The highest BCUT2D eigenvalue weighted by molar-refractivity contribution is 6.29. The Morgan fingerprint density at radius 3 is 2.56 bits per heavy atom. The van der Waals surface area contributed by atoms with E-state index in [9.17, 15) is 4.79 Å². The second-order valence-corrected chi connectivity index (χ2v) is 1.99. The van der Waals surface area contributed by atoms with Crippen molar-refractivity contribution in [3.05, 3.63) is 23.0 Å². The largest absolute Gasteiger partial charge is 0.364 e. The highest BCUT2D eigenvalue weighted by atomic mass is 35.5. The number of primary amides is 1. The Morgan fingerprint density at radius 2 is 2.33 bits per heavy atom. The summed E-state index contributed by atoms with van der Waals surface area (Å²) in [5.41, 5.74) is 5.23. The Hall–Kier alpha value is -0.960. The normalized spacial score (nSPS) is 9.44. The van der Waals surface area contributed by atoms with Gasteiger partial charge in [-0.1, -0.05) is 11.6 Å². The zero-order valence-electron chi connectivity index (χ0n) is 4.52. The van der Waals surface area contributed by atoms with E-state index in [1.807, 2.05) is 0 Å². The Bertz CT molecular complexity index is 231. The van der Waals surface area contributed by atoms with E-state index < -0.39 is 5.91 Å². The number of aromatic nitrogens is 1. The van der Waals surface area contributed by atoms with Crippen molar-refractivity contribution in [1.82, 2.24) is 4.98 Å². The van der Waals surface area contributed by atoms with Crippen molar-refractivity contribution in [2.75, 3.05) is 0 Å². The van der Waals surface area contributed by atoms with Crippen LogP contribution >= 0.6 is 11.6 Å². The molecule has 9 heavy (non-hydrogen) atoms. The maximum Gasteiger partial charge on any atom is 0.265 e. The Balaban J connectivity index is 2.98. The molecule has 1 aromatic heterocycles. The molecule has 3 N–H and O–H groups in total. The number of amides is 1. The summed E-state index contributed by atoms with van der Waals surface area (Å²) in [5.74, 6) is -0.498. The molecule has 0 bridgehead atoms. The van der Waals surface area contributed by atoms with Crippen molar-refractivity contribution in [2.45, 2.75) is 0 Å². The van der Waals surface area contributed by atoms with Gasteiger partial charge in [0.1, 0.15) is 10.8 Å². The Labute approximate surface area is 56.8 Å². The number of halogens is 1. The quantitative estimate of drug-likeness (QED) is 0.601. The third kappa shape index (κ3) is 1.23. The predicted molar refractivity (Wildman–Crippen MR) is 34.3 cm³/mol. The van der Waals surface area contributed by atoms with E-state index in [4.69, 9.17) is 17.3 Å². The summed E-state index contributed by atoms with van der Waals surface area (Å²) in [6.07, 6.45) is 0. The number of H-pyrrole nitrogens is 1. The summed E-state index contributed by atoms with van der Waals surface area (Å²) in [5, 5.41) is 0.420. The fourth-order valence-corrected chi connectivity index (χ4v) is 0.677. The minimum atomic E-state index is -0.498. The minimum Gasteiger partial charge on any atom is -0.364 e. The highest BCUT2D eigenvalue weighted by Crippen LogP contribution is 2.05. The lowest BCUT2D eigenvalue weighted by molar-refractivity contribution is 0.0996. The predicted octanol–water partition coefficient (Wildman–Crippen LogP) is 0.767. The molecule has 0 aliphatic carbocycles. The van der Waals surface area contributed by atoms with E-state index in [1.165, 1.54) is 6.07 Å². The number of carbonyl (C=O) groups excluding carboxylic acids is 1. The monoisotopic (exact) mass is 144 g/mol. The molecule has 0 spiro atoms. The van der Waals surface area contributed by atoms with Crippen molar-refractivity contribution in [3.8, 4) is 0 Å². The molecule has 4 heteroatoms. The van der Waals surface area contributed by atoms with Gasteiger partial charge in [0.25, 0.3) is 5.91 Å². The van der Waals surface area contributed by atoms with Crippen LogP contribution in [0.5, 0.6) is 0 Å². The maximum absolute atomic E-state index is 10.3. The van der Waals surface area contributed by atoms with Gasteiger partial charge in [-0.25, -0.2) is 0 Å². The summed E-state index contributed by atoms with van der Waals surface area (Å²) < 4.78 is 0. The molecule has 1 amide bonds. The molecule has 1 aromatic rings. The topological polar surface area (TPSA) is 58.9 Å². The van der Waals surface area contributed by atoms with Gasteiger partial charge in [-0.2, -0.15) is 0 Å². The standard InChI is InChI=1S/C5H5ClN2O/c6-4-2-1-3(8-4)5(7)9/h1-2,8H,(H2,7,9). The molecule has 48 valence electrons. The van der Waals surface area contributed by atoms with Crippen molar-refractivity contribution in [3.63, 3.8) is 0 Å². The summed E-state index contributed by atoms with van der Waals surface area (Å²) in [6, 6.07) is 3.10. The van der Waals surface area contributed by atoms with Crippen molar-refractivity contribution in [2.24, 2.45) is 5.73 Å². The molecule has 0 atom stereocenters. The molecular weight excluding hydrogens is 140 g/mol. The third-order valence-corrected chi connectivity index (χ3v) is 1.14. The van der Waals surface area contributed by atoms with Gasteiger partial charge in [-0.15, -0.1) is 0 Å². The summed E-state index contributed by atoms with van der Waals surface area (Å²) in [6.45, 7) is 0. The first kappa shape index (κ1) is 6.16. The maximum atomic E-state index is 10.3. The van der Waals surface area contributed by atoms with Gasteiger partial charge in [0.2, 0.25) is 0 Å². The molecule has 0 saturated carbocycles. The van der Waals surface area contributed by atoms with Crippen LogP contribution in [0.2, 0.25) is 5.15 Å². The van der Waals surface area contributed by atoms with Gasteiger partial charge in [0, 0.05) is 0 Å².